The highest BCUT2D eigenvalue weighted by Gasteiger charge is 2.65. The van der Waals surface area contributed by atoms with Crippen molar-refractivity contribution in [3.63, 3.8) is 0 Å². The molecule has 3 aliphatic heterocycles. The molecular weight excluding hydrogens is 479 g/mol. The second-order valence-electron chi connectivity index (χ2n) is 9.64. The molecule has 0 bridgehead atoms. The number of halogens is 3. The molecule has 3 heterocycles. The molecule has 1 fully saturated rings. The molecule has 0 aromatic carbocycles. The normalized spacial score (nSPS) is 36.1. The Balaban J connectivity index is 1.50. The Morgan fingerprint density at radius 1 is 1.36 bits per heavy atom. The number of aliphatic hydroxyl groups is 1. The lowest BCUT2D eigenvalue weighted by atomic mass is 9.80. The summed E-state index contributed by atoms with van der Waals surface area (Å²) >= 11 is 0. The van der Waals surface area contributed by atoms with Crippen molar-refractivity contribution in [1.82, 2.24) is 9.96 Å². The monoisotopic (exact) mass is 507 g/mol. The Kier molecular flexibility index (Phi) is 6.08. The van der Waals surface area contributed by atoms with Gasteiger partial charge in [-0.1, -0.05) is 31.2 Å². The van der Waals surface area contributed by atoms with Gasteiger partial charge in [0.05, 0.1) is 18.7 Å². The summed E-state index contributed by atoms with van der Waals surface area (Å²) in [4.78, 5) is 23.9. The number of esters is 1. The molecular formula is C24H28F3N5O4. The summed E-state index contributed by atoms with van der Waals surface area (Å²) in [7, 11) is 0. The molecule has 0 amide bonds. The number of hydrogen-bond donors (Lipinski definition) is 3. The highest BCUT2D eigenvalue weighted by molar-refractivity contribution is 5.94. The number of rotatable bonds is 3. The number of alkyl halides is 3. The Bertz CT molecular complexity index is 1130. The third-order valence-corrected chi connectivity index (χ3v) is 7.78. The summed E-state index contributed by atoms with van der Waals surface area (Å²) in [5, 5.41) is 22.2. The number of aliphatic imine (C=N–C) groups is 2. The van der Waals surface area contributed by atoms with Gasteiger partial charge in [0.15, 0.2) is 5.96 Å². The molecule has 0 aromatic rings. The van der Waals surface area contributed by atoms with Gasteiger partial charge in [-0.2, -0.15) is 18.2 Å². The van der Waals surface area contributed by atoms with E-state index in [9.17, 15) is 28.3 Å². The molecule has 5 aliphatic rings. The minimum atomic E-state index is -4.57. The van der Waals surface area contributed by atoms with Crippen molar-refractivity contribution in [3.05, 3.63) is 47.1 Å². The summed E-state index contributed by atoms with van der Waals surface area (Å²) in [6.07, 6.45) is 3.93. The van der Waals surface area contributed by atoms with Crippen LogP contribution in [0.25, 0.3) is 0 Å². The third-order valence-electron chi connectivity index (χ3n) is 7.78. The van der Waals surface area contributed by atoms with Crippen molar-refractivity contribution < 1.29 is 33.0 Å². The molecule has 9 nitrogen and oxygen atoms in total. The molecule has 4 N–H and O–H groups in total. The first-order valence-corrected chi connectivity index (χ1v) is 11.9. The fraction of sp³-hybridized carbons (Fsp3) is 0.542. The maximum absolute atomic E-state index is 13.6. The molecule has 6 unspecified atom stereocenters. The second kappa shape index (κ2) is 8.86. The molecule has 36 heavy (non-hydrogen) atoms. The molecule has 1 saturated heterocycles. The largest absolute Gasteiger partial charge is 0.456 e. The van der Waals surface area contributed by atoms with E-state index in [0.717, 1.165) is 11.1 Å². The number of ether oxygens (including phenoxy) is 1. The summed E-state index contributed by atoms with van der Waals surface area (Å²) in [5.41, 5.74) is 4.52. The maximum atomic E-state index is 13.6. The highest BCUT2D eigenvalue weighted by atomic mass is 19.4. The smallest absolute Gasteiger partial charge is 0.412 e. The number of carbonyl (C=O) groups is 1. The predicted octanol–water partition coefficient (Wildman–Crippen LogP) is 1.70. The minimum Gasteiger partial charge on any atom is -0.456 e. The molecule has 194 valence electrons. The fourth-order valence-electron chi connectivity index (χ4n) is 6.05. The van der Waals surface area contributed by atoms with Crippen molar-refractivity contribution in [1.29, 1.82) is 0 Å². The van der Waals surface area contributed by atoms with Gasteiger partial charge >= 0.3 is 12.1 Å². The highest BCUT2D eigenvalue weighted by Crippen LogP contribution is 2.47. The van der Waals surface area contributed by atoms with Gasteiger partial charge in [-0.3, -0.25) is 4.99 Å². The van der Waals surface area contributed by atoms with Crippen LogP contribution in [-0.4, -0.2) is 88.1 Å². The van der Waals surface area contributed by atoms with Crippen LogP contribution in [0.1, 0.15) is 19.8 Å². The Labute approximate surface area is 205 Å². The van der Waals surface area contributed by atoms with Crippen molar-refractivity contribution in [3.8, 4) is 0 Å². The summed E-state index contributed by atoms with van der Waals surface area (Å²) in [6, 6.07) is -1.42. The van der Waals surface area contributed by atoms with Gasteiger partial charge < -0.3 is 25.7 Å². The maximum Gasteiger partial charge on any atom is 0.412 e. The van der Waals surface area contributed by atoms with Gasteiger partial charge in [-0.25, -0.2) is 9.79 Å². The summed E-state index contributed by atoms with van der Waals surface area (Å²) in [6.45, 7) is 1.69. The first kappa shape index (κ1) is 24.7. The topological polar surface area (TPSA) is 124 Å². The number of hydrogen-bond acceptors (Lipinski definition) is 9. The number of carbonyl (C=O) groups excluding carboxylic acids is 1. The molecule has 12 heteroatoms. The SMILES string of the molecule is CC1C(OC(=O)C2=C3C=CC=CC3CC(C(F)(F)F)=C2)CN2C(N)=NC(CO)C3N=CCCN(O)C132. The molecule has 6 atom stereocenters. The van der Waals surface area contributed by atoms with E-state index in [1.807, 2.05) is 0 Å². The Morgan fingerprint density at radius 3 is 2.86 bits per heavy atom. The summed E-state index contributed by atoms with van der Waals surface area (Å²) in [5.74, 6) is -1.97. The minimum absolute atomic E-state index is 0.0566. The van der Waals surface area contributed by atoms with Crippen molar-refractivity contribution in [2.24, 2.45) is 27.6 Å². The molecule has 0 saturated carbocycles. The van der Waals surface area contributed by atoms with Gasteiger partial charge in [0.2, 0.25) is 0 Å². The number of guanidine groups is 1. The molecule has 1 spiro atoms. The van der Waals surface area contributed by atoms with Crippen LogP contribution in [0.3, 0.4) is 0 Å². The number of aliphatic hydroxyl groups excluding tert-OH is 1. The predicted molar refractivity (Wildman–Crippen MR) is 124 cm³/mol. The van der Waals surface area contributed by atoms with E-state index in [-0.39, 0.29) is 37.6 Å². The fourth-order valence-corrected chi connectivity index (χ4v) is 6.05. The van der Waals surface area contributed by atoms with Crippen LogP contribution in [0, 0.1) is 11.8 Å². The van der Waals surface area contributed by atoms with Crippen LogP contribution >= 0.6 is 0 Å². The average Bonchev–Trinajstić information content (AvgIpc) is 3.02. The Morgan fingerprint density at radius 2 is 2.14 bits per heavy atom. The lowest BCUT2D eigenvalue weighted by Crippen LogP contribution is -2.72. The van der Waals surface area contributed by atoms with Gasteiger partial charge in [0, 0.05) is 30.2 Å². The molecule has 0 aromatic heterocycles. The van der Waals surface area contributed by atoms with Crippen LogP contribution < -0.4 is 5.73 Å². The number of fused-ring (bicyclic) bond motifs is 1. The first-order chi connectivity index (χ1) is 17.1. The van der Waals surface area contributed by atoms with Crippen LogP contribution in [0.15, 0.2) is 57.1 Å². The van der Waals surface area contributed by atoms with Crippen molar-refractivity contribution in [2.45, 2.75) is 49.8 Å². The molecule has 0 radical (unpaired) electrons. The van der Waals surface area contributed by atoms with Crippen LogP contribution in [0.4, 0.5) is 13.2 Å². The van der Waals surface area contributed by atoms with E-state index in [1.54, 1.807) is 42.3 Å². The van der Waals surface area contributed by atoms with Crippen LogP contribution in [-0.2, 0) is 9.53 Å². The Hall–Kier alpha value is -2.96. The van der Waals surface area contributed by atoms with Gasteiger partial charge in [-0.05, 0) is 24.5 Å². The standard InChI is InChI=1S/C24H28F3N5O4/c1-13-19(11-31-22(28)30-18(12-33)20-23(13,31)32(35)8-4-7-29-20)36-21(34)17-10-15(24(25,26)27)9-14-5-2-3-6-16(14)17/h2-3,5-7,10,13-14,18-20,33,35H,4,8-9,11-12H2,1H3,(H2,28,30). The van der Waals surface area contributed by atoms with E-state index < -0.39 is 53.4 Å². The number of nitrogens with zero attached hydrogens (tertiary/aromatic N) is 4. The third kappa shape index (κ3) is 3.70. The number of nitrogens with two attached hydrogens (primary N) is 1. The van der Waals surface area contributed by atoms with E-state index in [0.29, 0.717) is 12.0 Å². The first-order valence-electron chi connectivity index (χ1n) is 11.9. The van der Waals surface area contributed by atoms with E-state index >= 15 is 0 Å². The van der Waals surface area contributed by atoms with Gasteiger partial charge in [-0.15, -0.1) is 0 Å². The summed E-state index contributed by atoms with van der Waals surface area (Å²) < 4.78 is 46.6. The quantitative estimate of drug-likeness (QED) is 0.497. The lowest BCUT2D eigenvalue weighted by molar-refractivity contribution is -0.233. The molecule has 2 aliphatic carbocycles. The van der Waals surface area contributed by atoms with E-state index in [1.165, 1.54) is 0 Å². The number of hydroxylamine groups is 2. The lowest BCUT2D eigenvalue weighted by Gasteiger charge is -2.52. The zero-order chi connectivity index (χ0) is 25.8. The van der Waals surface area contributed by atoms with Gasteiger partial charge in [0.1, 0.15) is 23.9 Å². The number of allylic oxidation sites excluding steroid dienone is 6. The zero-order valence-electron chi connectivity index (χ0n) is 19.6. The van der Waals surface area contributed by atoms with Crippen molar-refractivity contribution >= 4 is 18.1 Å². The van der Waals surface area contributed by atoms with Crippen molar-refractivity contribution in [2.75, 3.05) is 19.7 Å². The van der Waals surface area contributed by atoms with Gasteiger partial charge in [0.25, 0.3) is 0 Å². The van der Waals surface area contributed by atoms with E-state index in [4.69, 9.17) is 10.5 Å². The van der Waals surface area contributed by atoms with E-state index in [2.05, 4.69) is 9.98 Å². The second-order valence-corrected chi connectivity index (χ2v) is 9.64. The molecule has 5 rings (SSSR count). The zero-order valence-corrected chi connectivity index (χ0v) is 19.6. The average molecular weight is 508 g/mol. The van der Waals surface area contributed by atoms with Crippen LogP contribution in [0.5, 0.6) is 0 Å². The van der Waals surface area contributed by atoms with Crippen LogP contribution in [0.2, 0.25) is 0 Å².